The van der Waals surface area contributed by atoms with E-state index >= 15 is 0 Å². The van der Waals surface area contributed by atoms with Crippen molar-refractivity contribution in [1.29, 1.82) is 0 Å². The molecule has 0 unspecified atom stereocenters. The summed E-state index contributed by atoms with van der Waals surface area (Å²) in [5, 5.41) is 8.24. The number of hydrogen-bond donors (Lipinski definition) is 0. The predicted molar refractivity (Wildman–Crippen MR) is 53.6 cm³/mol. The normalized spacial score (nSPS) is 11.6. The van der Waals surface area contributed by atoms with Gasteiger partial charge in [0.1, 0.15) is 0 Å². The van der Waals surface area contributed by atoms with E-state index < -0.39 is 0 Å². The van der Waals surface area contributed by atoms with Crippen molar-refractivity contribution in [2.45, 2.75) is 40.0 Å². The molecule has 1 heterocycles. The molecule has 0 aromatic carbocycles. The van der Waals surface area contributed by atoms with E-state index in [1.54, 1.807) is 0 Å². The summed E-state index contributed by atoms with van der Waals surface area (Å²) in [6.07, 6.45) is 1.07. The second-order valence-electron chi connectivity index (χ2n) is 4.30. The molecule has 1 aromatic heterocycles. The van der Waals surface area contributed by atoms with Gasteiger partial charge in [0.05, 0.1) is 11.4 Å². The highest BCUT2D eigenvalue weighted by atomic mass is 15.4. The Labute approximate surface area is 80.1 Å². The van der Waals surface area contributed by atoms with E-state index in [0.717, 1.165) is 12.1 Å². The van der Waals surface area contributed by atoms with Crippen molar-refractivity contribution in [3.05, 3.63) is 11.4 Å². The third-order valence-electron chi connectivity index (χ3n) is 2.12. The van der Waals surface area contributed by atoms with Crippen LogP contribution in [0.1, 0.15) is 45.0 Å². The smallest absolute Gasteiger partial charge is 0.0884 e. The Hall–Kier alpha value is -0.860. The number of aryl methyl sites for hydroxylation is 1. The summed E-state index contributed by atoms with van der Waals surface area (Å²) in [4.78, 5) is 0. The Morgan fingerprint density at radius 3 is 2.31 bits per heavy atom. The average Bonchev–Trinajstić information content (AvgIpc) is 2.32. The summed E-state index contributed by atoms with van der Waals surface area (Å²) in [5.41, 5.74) is 2.43. The molecule has 0 bridgehead atoms. The lowest BCUT2D eigenvalue weighted by molar-refractivity contribution is 0.586. The highest BCUT2D eigenvalue weighted by Gasteiger charge is 2.14. The molecule has 0 aliphatic carbocycles. The Kier molecular flexibility index (Phi) is 3.07. The molecule has 1 aromatic rings. The topological polar surface area (TPSA) is 30.7 Å². The van der Waals surface area contributed by atoms with Gasteiger partial charge in [0.2, 0.25) is 0 Å². The van der Waals surface area contributed by atoms with Crippen molar-refractivity contribution < 1.29 is 0 Å². The lowest BCUT2D eigenvalue weighted by atomic mass is 10.0. The molecule has 0 radical (unpaired) electrons. The van der Waals surface area contributed by atoms with E-state index in [1.807, 2.05) is 11.7 Å². The maximum atomic E-state index is 4.18. The van der Waals surface area contributed by atoms with Gasteiger partial charge in [-0.1, -0.05) is 32.9 Å². The van der Waals surface area contributed by atoms with E-state index in [-0.39, 0.29) is 0 Å². The summed E-state index contributed by atoms with van der Waals surface area (Å²) in [6.45, 7) is 8.76. The Bertz CT molecular complexity index is 274. The van der Waals surface area contributed by atoms with Gasteiger partial charge in [0.15, 0.2) is 0 Å². The number of nitrogens with zero attached hydrogens (tertiary/aromatic N) is 3. The average molecular weight is 181 g/mol. The predicted octanol–water partition coefficient (Wildman–Crippen LogP) is 2.14. The zero-order valence-corrected chi connectivity index (χ0v) is 9.20. The minimum atomic E-state index is 0.474. The Morgan fingerprint density at radius 2 is 1.85 bits per heavy atom. The summed E-state index contributed by atoms with van der Waals surface area (Å²) in [6, 6.07) is 0. The molecule has 0 aliphatic heterocycles. The molecule has 0 atom stereocenters. The molecule has 0 spiro atoms. The lowest BCUT2D eigenvalue weighted by Gasteiger charge is -2.08. The maximum Gasteiger partial charge on any atom is 0.0884 e. The van der Waals surface area contributed by atoms with Crippen molar-refractivity contribution >= 4 is 0 Å². The molecule has 0 aliphatic rings. The molecule has 13 heavy (non-hydrogen) atoms. The van der Waals surface area contributed by atoms with Gasteiger partial charge >= 0.3 is 0 Å². The second-order valence-corrected chi connectivity index (χ2v) is 4.30. The molecule has 0 N–H and O–H groups in total. The van der Waals surface area contributed by atoms with Crippen LogP contribution in [0.25, 0.3) is 0 Å². The van der Waals surface area contributed by atoms with E-state index in [4.69, 9.17) is 0 Å². The summed E-state index contributed by atoms with van der Waals surface area (Å²) in [5.74, 6) is 1.14. The van der Waals surface area contributed by atoms with Crippen molar-refractivity contribution in [1.82, 2.24) is 15.0 Å². The largest absolute Gasteiger partial charge is 0.252 e. The molecule has 0 amide bonds. The first-order valence-electron chi connectivity index (χ1n) is 4.90. The van der Waals surface area contributed by atoms with E-state index in [1.165, 1.54) is 5.69 Å². The van der Waals surface area contributed by atoms with Crippen molar-refractivity contribution in [2.75, 3.05) is 0 Å². The number of aromatic nitrogens is 3. The zero-order valence-electron chi connectivity index (χ0n) is 9.20. The first kappa shape index (κ1) is 10.2. The van der Waals surface area contributed by atoms with Crippen LogP contribution in [0.5, 0.6) is 0 Å². The van der Waals surface area contributed by atoms with Crippen LogP contribution >= 0.6 is 0 Å². The zero-order chi connectivity index (χ0) is 10.0. The molecule has 3 nitrogen and oxygen atoms in total. The Balaban J connectivity index is 2.94. The van der Waals surface area contributed by atoms with Crippen LogP contribution in [-0.2, 0) is 13.5 Å². The molecule has 0 saturated carbocycles. The minimum Gasteiger partial charge on any atom is -0.252 e. The summed E-state index contributed by atoms with van der Waals surface area (Å²) in [7, 11) is 1.97. The SMILES string of the molecule is CC(C)Cc1c(C(C)C)nnn1C. The van der Waals surface area contributed by atoms with Crippen LogP contribution in [0.15, 0.2) is 0 Å². The van der Waals surface area contributed by atoms with Crippen LogP contribution in [0.2, 0.25) is 0 Å². The van der Waals surface area contributed by atoms with Gasteiger partial charge in [-0.3, -0.25) is 4.68 Å². The first-order valence-corrected chi connectivity index (χ1v) is 4.90. The molecular formula is C10H19N3. The third kappa shape index (κ3) is 2.29. The fourth-order valence-electron chi connectivity index (χ4n) is 1.46. The third-order valence-corrected chi connectivity index (χ3v) is 2.12. The molecule has 3 heteroatoms. The number of hydrogen-bond acceptors (Lipinski definition) is 2. The fraction of sp³-hybridized carbons (Fsp3) is 0.800. The molecule has 0 fully saturated rings. The van der Waals surface area contributed by atoms with Gasteiger partial charge in [-0.05, 0) is 18.3 Å². The van der Waals surface area contributed by atoms with Crippen LogP contribution in [0, 0.1) is 5.92 Å². The van der Waals surface area contributed by atoms with E-state index in [2.05, 4.69) is 38.0 Å². The van der Waals surface area contributed by atoms with E-state index in [0.29, 0.717) is 11.8 Å². The summed E-state index contributed by atoms with van der Waals surface area (Å²) < 4.78 is 1.90. The van der Waals surface area contributed by atoms with Crippen LogP contribution in [0.3, 0.4) is 0 Å². The van der Waals surface area contributed by atoms with Gasteiger partial charge in [0, 0.05) is 7.05 Å². The monoisotopic (exact) mass is 181 g/mol. The minimum absolute atomic E-state index is 0.474. The molecule has 0 saturated heterocycles. The highest BCUT2D eigenvalue weighted by molar-refractivity contribution is 5.14. The second kappa shape index (κ2) is 3.90. The number of rotatable bonds is 3. The van der Waals surface area contributed by atoms with Crippen LogP contribution < -0.4 is 0 Å². The summed E-state index contributed by atoms with van der Waals surface area (Å²) >= 11 is 0. The van der Waals surface area contributed by atoms with Crippen LogP contribution in [0.4, 0.5) is 0 Å². The van der Waals surface area contributed by atoms with Gasteiger partial charge in [0.25, 0.3) is 0 Å². The molecule has 74 valence electrons. The Morgan fingerprint density at radius 1 is 1.23 bits per heavy atom. The van der Waals surface area contributed by atoms with Crippen molar-refractivity contribution in [3.8, 4) is 0 Å². The standard InChI is InChI=1S/C10H19N3/c1-7(2)6-9-10(8(3)4)11-12-13(9)5/h7-8H,6H2,1-5H3. The van der Waals surface area contributed by atoms with Gasteiger partial charge < -0.3 is 0 Å². The first-order chi connectivity index (χ1) is 6.02. The fourth-order valence-corrected chi connectivity index (χ4v) is 1.46. The maximum absolute atomic E-state index is 4.18. The highest BCUT2D eigenvalue weighted by Crippen LogP contribution is 2.18. The van der Waals surface area contributed by atoms with Crippen molar-refractivity contribution in [2.24, 2.45) is 13.0 Å². The van der Waals surface area contributed by atoms with Crippen LogP contribution in [-0.4, -0.2) is 15.0 Å². The van der Waals surface area contributed by atoms with Gasteiger partial charge in [-0.15, -0.1) is 5.10 Å². The molecule has 1 rings (SSSR count). The lowest BCUT2D eigenvalue weighted by Crippen LogP contribution is -2.05. The molecular weight excluding hydrogens is 162 g/mol. The van der Waals surface area contributed by atoms with Crippen molar-refractivity contribution in [3.63, 3.8) is 0 Å². The quantitative estimate of drug-likeness (QED) is 0.715. The van der Waals surface area contributed by atoms with E-state index in [9.17, 15) is 0 Å². The van der Waals surface area contributed by atoms with Gasteiger partial charge in [-0.25, -0.2) is 0 Å². The van der Waals surface area contributed by atoms with Gasteiger partial charge in [-0.2, -0.15) is 0 Å².